The molecule has 0 saturated carbocycles. The summed E-state index contributed by atoms with van der Waals surface area (Å²) in [6.45, 7) is 4.52. The molecule has 0 radical (unpaired) electrons. The molecule has 2 rings (SSSR count). The Bertz CT molecular complexity index is 320. The molecule has 2 N–H and O–H groups in total. The molecule has 16 heavy (non-hydrogen) atoms. The van der Waals surface area contributed by atoms with Crippen LogP contribution in [0, 0.1) is 5.92 Å². The van der Waals surface area contributed by atoms with Crippen LogP contribution in [0.25, 0.3) is 0 Å². The molecule has 0 amide bonds. The van der Waals surface area contributed by atoms with Crippen molar-refractivity contribution in [1.29, 1.82) is 0 Å². The van der Waals surface area contributed by atoms with Gasteiger partial charge in [0.1, 0.15) is 5.82 Å². The lowest BCUT2D eigenvalue weighted by atomic mass is 9.93. The molecule has 2 heterocycles. The summed E-state index contributed by atoms with van der Waals surface area (Å²) >= 11 is 3.39. The van der Waals surface area contributed by atoms with Gasteiger partial charge in [0.2, 0.25) is 0 Å². The second kappa shape index (κ2) is 5.64. The van der Waals surface area contributed by atoms with E-state index in [-0.39, 0.29) is 0 Å². The SMILES string of the molecule is CC(Nc1ccc(Br)cn1)C1CCCNC1. The van der Waals surface area contributed by atoms with Gasteiger partial charge < -0.3 is 10.6 Å². The van der Waals surface area contributed by atoms with Crippen molar-refractivity contribution in [3.8, 4) is 0 Å². The lowest BCUT2D eigenvalue weighted by Gasteiger charge is -2.29. The minimum absolute atomic E-state index is 0.474. The maximum atomic E-state index is 4.33. The summed E-state index contributed by atoms with van der Waals surface area (Å²) in [4.78, 5) is 4.33. The summed E-state index contributed by atoms with van der Waals surface area (Å²) in [5.41, 5.74) is 0. The molecule has 0 aromatic carbocycles. The fourth-order valence-corrected chi connectivity index (χ4v) is 2.35. The maximum absolute atomic E-state index is 4.33. The van der Waals surface area contributed by atoms with E-state index in [2.05, 4.69) is 38.5 Å². The van der Waals surface area contributed by atoms with Crippen LogP contribution in [0.15, 0.2) is 22.8 Å². The van der Waals surface area contributed by atoms with Crippen LogP contribution in [0.3, 0.4) is 0 Å². The quantitative estimate of drug-likeness (QED) is 0.896. The van der Waals surface area contributed by atoms with E-state index < -0.39 is 0 Å². The highest BCUT2D eigenvalue weighted by molar-refractivity contribution is 9.10. The van der Waals surface area contributed by atoms with E-state index in [9.17, 15) is 0 Å². The number of aromatic nitrogens is 1. The van der Waals surface area contributed by atoms with Crippen molar-refractivity contribution >= 4 is 21.7 Å². The first kappa shape index (κ1) is 11.9. The van der Waals surface area contributed by atoms with Crippen molar-refractivity contribution in [2.45, 2.75) is 25.8 Å². The van der Waals surface area contributed by atoms with Gasteiger partial charge in [-0.15, -0.1) is 0 Å². The Balaban J connectivity index is 1.90. The van der Waals surface area contributed by atoms with E-state index in [4.69, 9.17) is 0 Å². The third-order valence-electron chi connectivity index (χ3n) is 3.15. The maximum Gasteiger partial charge on any atom is 0.126 e. The second-order valence-corrected chi connectivity index (χ2v) is 5.32. The highest BCUT2D eigenvalue weighted by Crippen LogP contribution is 2.18. The molecule has 0 spiro atoms. The van der Waals surface area contributed by atoms with Crippen LogP contribution in [0.2, 0.25) is 0 Å². The predicted octanol–water partition coefficient (Wildman–Crippen LogP) is 2.64. The first-order valence-corrected chi connectivity index (χ1v) is 6.64. The molecule has 4 heteroatoms. The van der Waals surface area contributed by atoms with Crippen LogP contribution in [-0.4, -0.2) is 24.1 Å². The van der Waals surface area contributed by atoms with Crippen LogP contribution >= 0.6 is 15.9 Å². The van der Waals surface area contributed by atoms with Crippen molar-refractivity contribution in [3.63, 3.8) is 0 Å². The molecule has 2 unspecified atom stereocenters. The normalized spacial score (nSPS) is 22.8. The number of rotatable bonds is 3. The standard InChI is InChI=1S/C12H18BrN3/c1-9(10-3-2-6-14-7-10)16-12-5-4-11(13)8-15-12/h4-5,8-10,14H,2-3,6-7H2,1H3,(H,15,16). The molecule has 2 atom stereocenters. The van der Waals surface area contributed by atoms with Crippen LogP contribution in [0.5, 0.6) is 0 Å². The number of nitrogens with one attached hydrogen (secondary N) is 2. The van der Waals surface area contributed by atoms with Gasteiger partial charge in [-0.05, 0) is 66.8 Å². The number of hydrogen-bond donors (Lipinski definition) is 2. The van der Waals surface area contributed by atoms with E-state index >= 15 is 0 Å². The zero-order valence-electron chi connectivity index (χ0n) is 9.54. The third kappa shape index (κ3) is 3.19. The second-order valence-electron chi connectivity index (χ2n) is 4.40. The minimum atomic E-state index is 0.474. The highest BCUT2D eigenvalue weighted by atomic mass is 79.9. The summed E-state index contributed by atoms with van der Waals surface area (Å²) in [6, 6.07) is 4.50. The largest absolute Gasteiger partial charge is 0.367 e. The molecule has 1 aromatic heterocycles. The van der Waals surface area contributed by atoms with E-state index in [1.807, 2.05) is 18.3 Å². The lowest BCUT2D eigenvalue weighted by Crippen LogP contribution is -2.38. The third-order valence-corrected chi connectivity index (χ3v) is 3.61. The van der Waals surface area contributed by atoms with Crippen molar-refractivity contribution < 1.29 is 0 Å². The zero-order valence-corrected chi connectivity index (χ0v) is 11.1. The Kier molecular flexibility index (Phi) is 4.18. The Morgan fingerprint density at radius 1 is 1.56 bits per heavy atom. The molecule has 1 fully saturated rings. The van der Waals surface area contributed by atoms with Crippen LogP contribution in [0.4, 0.5) is 5.82 Å². The molecule has 1 aliphatic rings. The monoisotopic (exact) mass is 283 g/mol. The summed E-state index contributed by atoms with van der Waals surface area (Å²) in [5, 5.41) is 6.91. The fraction of sp³-hybridized carbons (Fsp3) is 0.583. The summed E-state index contributed by atoms with van der Waals surface area (Å²) < 4.78 is 1.02. The van der Waals surface area contributed by atoms with Gasteiger partial charge in [0, 0.05) is 16.7 Å². The molecule has 3 nitrogen and oxygen atoms in total. The Hall–Kier alpha value is -0.610. The number of nitrogens with zero attached hydrogens (tertiary/aromatic N) is 1. The summed E-state index contributed by atoms with van der Waals surface area (Å²) in [6.07, 6.45) is 4.41. The highest BCUT2D eigenvalue weighted by Gasteiger charge is 2.19. The molecule has 1 aromatic rings. The number of piperidine rings is 1. The van der Waals surface area contributed by atoms with Gasteiger partial charge in [-0.3, -0.25) is 0 Å². The Morgan fingerprint density at radius 2 is 2.44 bits per heavy atom. The summed E-state index contributed by atoms with van der Waals surface area (Å²) in [7, 11) is 0. The van der Waals surface area contributed by atoms with E-state index in [1.165, 1.54) is 19.4 Å². The molecule has 88 valence electrons. The van der Waals surface area contributed by atoms with Gasteiger partial charge >= 0.3 is 0 Å². The van der Waals surface area contributed by atoms with Gasteiger partial charge in [-0.1, -0.05) is 0 Å². The predicted molar refractivity (Wildman–Crippen MR) is 70.6 cm³/mol. The first-order chi connectivity index (χ1) is 7.75. The molecule has 0 bridgehead atoms. The average molecular weight is 284 g/mol. The van der Waals surface area contributed by atoms with E-state index in [0.29, 0.717) is 12.0 Å². The van der Waals surface area contributed by atoms with Gasteiger partial charge in [0.25, 0.3) is 0 Å². The van der Waals surface area contributed by atoms with Crippen molar-refractivity contribution in [3.05, 3.63) is 22.8 Å². The van der Waals surface area contributed by atoms with Gasteiger partial charge in [0.15, 0.2) is 0 Å². The average Bonchev–Trinajstić information content (AvgIpc) is 2.33. The minimum Gasteiger partial charge on any atom is -0.367 e. The van der Waals surface area contributed by atoms with E-state index in [1.54, 1.807) is 0 Å². The summed E-state index contributed by atoms with van der Waals surface area (Å²) in [5.74, 6) is 1.67. The van der Waals surface area contributed by atoms with Crippen molar-refractivity contribution in [2.75, 3.05) is 18.4 Å². The molecule has 1 saturated heterocycles. The van der Waals surface area contributed by atoms with Crippen molar-refractivity contribution in [2.24, 2.45) is 5.92 Å². The van der Waals surface area contributed by atoms with Gasteiger partial charge in [-0.25, -0.2) is 4.98 Å². The van der Waals surface area contributed by atoms with E-state index in [0.717, 1.165) is 16.8 Å². The van der Waals surface area contributed by atoms with Crippen LogP contribution in [0.1, 0.15) is 19.8 Å². The smallest absolute Gasteiger partial charge is 0.126 e. The molecular formula is C12H18BrN3. The van der Waals surface area contributed by atoms with Gasteiger partial charge in [-0.2, -0.15) is 0 Å². The molecule has 0 aliphatic carbocycles. The van der Waals surface area contributed by atoms with Crippen LogP contribution in [-0.2, 0) is 0 Å². The number of halogens is 1. The number of pyridine rings is 1. The van der Waals surface area contributed by atoms with Crippen molar-refractivity contribution in [1.82, 2.24) is 10.3 Å². The zero-order chi connectivity index (χ0) is 11.4. The number of hydrogen-bond acceptors (Lipinski definition) is 3. The molecule has 1 aliphatic heterocycles. The van der Waals surface area contributed by atoms with Crippen LogP contribution < -0.4 is 10.6 Å². The molecular weight excluding hydrogens is 266 g/mol. The number of anilines is 1. The topological polar surface area (TPSA) is 37.0 Å². The first-order valence-electron chi connectivity index (χ1n) is 5.84. The lowest BCUT2D eigenvalue weighted by molar-refractivity contribution is 0.346. The Labute approximate surface area is 105 Å². The van der Waals surface area contributed by atoms with Gasteiger partial charge in [0.05, 0.1) is 0 Å². The fourth-order valence-electron chi connectivity index (χ4n) is 2.12. The Morgan fingerprint density at radius 3 is 3.06 bits per heavy atom.